The monoisotopic (exact) mass is 410 g/mol. The summed E-state index contributed by atoms with van der Waals surface area (Å²) in [6, 6.07) is 6.66. The molecule has 11 heteroatoms. The molecule has 0 bridgehead atoms. The molecule has 8 nitrogen and oxygen atoms in total. The molecule has 1 amide bonds. The van der Waals surface area contributed by atoms with Gasteiger partial charge < -0.3 is 14.9 Å². The molecule has 0 aliphatic rings. The number of rotatable bonds is 4. The van der Waals surface area contributed by atoms with E-state index in [1.807, 2.05) is 4.72 Å². The van der Waals surface area contributed by atoms with Gasteiger partial charge in [-0.1, -0.05) is 0 Å². The van der Waals surface area contributed by atoms with Crippen LogP contribution in [0.3, 0.4) is 0 Å². The molecule has 0 fully saturated rings. The average molecular weight is 410 g/mol. The third-order valence-corrected chi connectivity index (χ3v) is 4.17. The number of esters is 1. The Morgan fingerprint density at radius 3 is 2.36 bits per heavy atom. The molecular weight excluding hydrogens is 398 g/mol. The highest BCUT2D eigenvalue weighted by Gasteiger charge is 2.26. The molecule has 3 N–H and O–H groups in total. The highest BCUT2D eigenvalue weighted by molar-refractivity contribution is 7.92. The zero-order valence-corrected chi connectivity index (χ0v) is 15.0. The Balaban J connectivity index is 2.26. The summed E-state index contributed by atoms with van der Waals surface area (Å²) in [7, 11) is -3.79. The topological polar surface area (TPSA) is 129 Å². The maximum absolute atomic E-state index is 14.4. The van der Waals surface area contributed by atoms with Crippen molar-refractivity contribution in [1.29, 1.82) is 0 Å². The van der Waals surface area contributed by atoms with Crippen LogP contribution in [0.4, 0.5) is 19.3 Å². The molecule has 0 atom stereocenters. The summed E-state index contributed by atoms with van der Waals surface area (Å²) in [4.78, 5) is 23.3. The van der Waals surface area contributed by atoms with E-state index in [0.717, 1.165) is 30.5 Å². The van der Waals surface area contributed by atoms with Crippen LogP contribution in [0.2, 0.25) is 0 Å². The molecule has 3 rings (SSSR count). The van der Waals surface area contributed by atoms with Crippen molar-refractivity contribution in [2.75, 3.05) is 11.0 Å². The number of furan rings is 1. The molecule has 0 unspecified atom stereocenters. The van der Waals surface area contributed by atoms with Crippen LogP contribution in [0.5, 0.6) is 0 Å². The van der Waals surface area contributed by atoms with Crippen LogP contribution in [0.25, 0.3) is 22.3 Å². The van der Waals surface area contributed by atoms with Gasteiger partial charge in [-0.15, -0.1) is 0 Å². The minimum atomic E-state index is -3.79. The van der Waals surface area contributed by atoms with Crippen LogP contribution in [0.1, 0.15) is 10.4 Å². The van der Waals surface area contributed by atoms with Crippen LogP contribution in [0.15, 0.2) is 40.8 Å². The summed E-state index contributed by atoms with van der Waals surface area (Å²) in [5.74, 6) is -2.91. The fourth-order valence-electron chi connectivity index (χ4n) is 2.54. The quantitative estimate of drug-likeness (QED) is 0.503. The van der Waals surface area contributed by atoms with Gasteiger partial charge in [0.15, 0.2) is 0 Å². The van der Waals surface area contributed by atoms with E-state index in [1.165, 1.54) is 12.1 Å². The van der Waals surface area contributed by atoms with E-state index in [-0.39, 0.29) is 27.9 Å². The number of nitrogens with two attached hydrogens (primary N) is 1. The normalized spacial score (nSPS) is 11.4. The number of carbonyl (C=O) groups excluding carboxylic acids is 2. The highest BCUT2D eigenvalue weighted by Crippen LogP contribution is 2.36. The molecule has 146 valence electrons. The number of sulfonamides is 1. The molecule has 0 spiro atoms. The number of hydrogen-bond donors (Lipinski definition) is 2. The Hall–Kier alpha value is -3.47. The first-order valence-corrected chi connectivity index (χ1v) is 9.45. The second kappa shape index (κ2) is 6.93. The summed E-state index contributed by atoms with van der Waals surface area (Å²) in [5.41, 5.74) is 4.27. The number of ether oxygens (including phenoxy) is 1. The van der Waals surface area contributed by atoms with Crippen molar-refractivity contribution >= 4 is 38.7 Å². The SMILES string of the molecule is CS(=O)(=O)Nc1cc2oc(-c3ccc(F)cc3)c(C(=O)OC(N)=O)c2cc1F. The predicted octanol–water partition coefficient (Wildman–Crippen LogP) is 2.99. The largest absolute Gasteiger partial charge is 0.455 e. The van der Waals surface area contributed by atoms with Crippen LogP contribution in [-0.2, 0) is 14.8 Å². The van der Waals surface area contributed by atoms with Gasteiger partial charge >= 0.3 is 12.1 Å². The fraction of sp³-hybridized carbons (Fsp3) is 0.0588. The van der Waals surface area contributed by atoms with Crippen LogP contribution in [0, 0.1) is 11.6 Å². The lowest BCUT2D eigenvalue weighted by atomic mass is 10.1. The van der Waals surface area contributed by atoms with E-state index < -0.39 is 39.4 Å². The van der Waals surface area contributed by atoms with E-state index in [0.29, 0.717) is 0 Å². The van der Waals surface area contributed by atoms with E-state index in [9.17, 15) is 26.8 Å². The van der Waals surface area contributed by atoms with Crippen molar-refractivity contribution in [2.24, 2.45) is 5.73 Å². The number of hydrogen-bond acceptors (Lipinski definition) is 6. The van der Waals surface area contributed by atoms with E-state index in [1.54, 1.807) is 0 Å². The first-order valence-electron chi connectivity index (χ1n) is 7.56. The van der Waals surface area contributed by atoms with E-state index >= 15 is 0 Å². The number of nitrogens with one attached hydrogen (secondary N) is 1. The number of benzene rings is 2. The Kier molecular flexibility index (Phi) is 4.77. The molecular formula is C17H12F2N2O6S. The lowest BCUT2D eigenvalue weighted by Crippen LogP contribution is -2.18. The van der Waals surface area contributed by atoms with Crippen molar-refractivity contribution in [3.63, 3.8) is 0 Å². The second-order valence-electron chi connectivity index (χ2n) is 5.72. The Labute approximate surface area is 156 Å². The lowest BCUT2D eigenvalue weighted by molar-refractivity contribution is 0.0640. The third-order valence-electron chi connectivity index (χ3n) is 3.58. The average Bonchev–Trinajstić information content (AvgIpc) is 2.92. The molecule has 0 aliphatic heterocycles. The first-order chi connectivity index (χ1) is 13.0. The molecule has 28 heavy (non-hydrogen) atoms. The minimum absolute atomic E-state index is 0.0803. The van der Waals surface area contributed by atoms with Crippen molar-refractivity contribution in [3.8, 4) is 11.3 Å². The maximum atomic E-state index is 14.4. The lowest BCUT2D eigenvalue weighted by Gasteiger charge is -2.05. The van der Waals surface area contributed by atoms with Crippen LogP contribution in [-0.4, -0.2) is 26.7 Å². The van der Waals surface area contributed by atoms with Gasteiger partial charge in [0.05, 0.1) is 11.9 Å². The summed E-state index contributed by atoms with van der Waals surface area (Å²) in [5, 5.41) is -0.0953. The maximum Gasteiger partial charge on any atom is 0.412 e. The summed E-state index contributed by atoms with van der Waals surface area (Å²) in [6.45, 7) is 0. The van der Waals surface area contributed by atoms with E-state index in [4.69, 9.17) is 10.2 Å². The van der Waals surface area contributed by atoms with E-state index in [2.05, 4.69) is 4.74 Å². The Morgan fingerprint density at radius 1 is 1.14 bits per heavy atom. The van der Waals surface area contributed by atoms with Gasteiger partial charge in [0.2, 0.25) is 10.0 Å². The Bertz CT molecular complexity index is 1200. The second-order valence-corrected chi connectivity index (χ2v) is 7.47. The van der Waals surface area contributed by atoms with Gasteiger partial charge in [-0.25, -0.2) is 26.8 Å². The van der Waals surface area contributed by atoms with Gasteiger partial charge in [0, 0.05) is 17.0 Å². The summed E-state index contributed by atoms with van der Waals surface area (Å²) in [6.07, 6.45) is -0.557. The third kappa shape index (κ3) is 3.93. The van der Waals surface area contributed by atoms with Crippen molar-refractivity contribution in [3.05, 3.63) is 53.6 Å². The fourth-order valence-corrected chi connectivity index (χ4v) is 3.10. The van der Waals surface area contributed by atoms with Crippen LogP contribution < -0.4 is 10.5 Å². The van der Waals surface area contributed by atoms with Gasteiger partial charge in [-0.3, -0.25) is 4.72 Å². The van der Waals surface area contributed by atoms with Crippen molar-refractivity contribution in [1.82, 2.24) is 0 Å². The zero-order valence-electron chi connectivity index (χ0n) is 14.2. The molecule has 2 aromatic carbocycles. The first kappa shape index (κ1) is 19.3. The van der Waals surface area contributed by atoms with Gasteiger partial charge in [0.1, 0.15) is 28.5 Å². The standard InChI is InChI=1S/C17H12F2N2O6S/c1-28(24,25)21-12-7-13-10(6-11(12)19)14(16(22)27-17(20)23)15(26-13)8-2-4-9(18)5-3-8/h2-7,21H,1H3,(H2,20,23). The number of primary amides is 1. The number of anilines is 1. The smallest absolute Gasteiger partial charge is 0.412 e. The summed E-state index contributed by atoms with van der Waals surface area (Å²) < 4.78 is 62.2. The predicted molar refractivity (Wildman–Crippen MR) is 95.0 cm³/mol. The van der Waals surface area contributed by atoms with Crippen molar-refractivity contribution in [2.45, 2.75) is 0 Å². The number of carbonyl (C=O) groups is 2. The summed E-state index contributed by atoms with van der Waals surface area (Å²) >= 11 is 0. The zero-order chi connectivity index (χ0) is 20.6. The van der Waals surface area contributed by atoms with Gasteiger partial charge in [0.25, 0.3) is 0 Å². The molecule has 0 saturated carbocycles. The molecule has 3 aromatic rings. The van der Waals surface area contributed by atoms with Gasteiger partial charge in [-0.05, 0) is 30.3 Å². The van der Waals surface area contributed by atoms with Crippen molar-refractivity contribution < 1.29 is 35.9 Å². The Morgan fingerprint density at radius 2 is 1.79 bits per heavy atom. The number of amides is 1. The number of fused-ring (bicyclic) bond motifs is 1. The van der Waals surface area contributed by atoms with Gasteiger partial charge in [-0.2, -0.15) is 0 Å². The highest BCUT2D eigenvalue weighted by atomic mass is 32.2. The van der Waals surface area contributed by atoms with Crippen LogP contribution >= 0.6 is 0 Å². The molecule has 1 aromatic heterocycles. The number of halogens is 2. The molecule has 1 heterocycles. The molecule has 0 aliphatic carbocycles. The minimum Gasteiger partial charge on any atom is -0.455 e. The molecule has 0 radical (unpaired) electrons. The molecule has 0 saturated heterocycles.